The first-order valence-electron chi connectivity index (χ1n) is 2.78. The van der Waals surface area contributed by atoms with E-state index in [2.05, 4.69) is 4.99 Å². The maximum Gasteiger partial charge on any atom is 0.186 e. The third-order valence-corrected chi connectivity index (χ3v) is 0.916. The highest BCUT2D eigenvalue weighted by Crippen LogP contribution is 1.84. The summed E-state index contributed by atoms with van der Waals surface area (Å²) in [4.78, 5) is 13.8. The van der Waals surface area contributed by atoms with E-state index in [0.717, 1.165) is 0 Å². The Balaban J connectivity index is 3.70. The van der Waals surface area contributed by atoms with Crippen molar-refractivity contribution in [3.05, 3.63) is 0 Å². The molecule has 5 heteroatoms. The van der Waals surface area contributed by atoms with Crippen molar-refractivity contribution in [3.8, 4) is 0 Å². The second kappa shape index (κ2) is 3.84. The van der Waals surface area contributed by atoms with Crippen molar-refractivity contribution in [2.24, 2.45) is 16.5 Å². The van der Waals surface area contributed by atoms with Gasteiger partial charge in [-0.05, 0) is 6.92 Å². The number of rotatable bonds is 3. The fourth-order valence-electron chi connectivity index (χ4n) is 0.320. The summed E-state index contributed by atoms with van der Waals surface area (Å²) in [6.07, 6.45) is -1.08. The van der Waals surface area contributed by atoms with E-state index >= 15 is 0 Å². The average Bonchev–Trinajstić information content (AvgIpc) is 1.82. The molecule has 0 rings (SSSR count). The number of carbonyl (C=O) groups is 1. The second-order valence-corrected chi connectivity index (χ2v) is 1.89. The van der Waals surface area contributed by atoms with Gasteiger partial charge in [-0.25, -0.2) is 0 Å². The zero-order chi connectivity index (χ0) is 8.15. The average molecular weight is 145 g/mol. The number of guanidine groups is 1. The van der Waals surface area contributed by atoms with Gasteiger partial charge in [-0.2, -0.15) is 0 Å². The lowest BCUT2D eigenvalue weighted by atomic mass is 10.3. The third-order valence-electron chi connectivity index (χ3n) is 0.916. The molecule has 58 valence electrons. The number of Topliss-reactive ketones (excluding diaryl/α,β-unsaturated/α-hetero) is 1. The van der Waals surface area contributed by atoms with Gasteiger partial charge in [0.2, 0.25) is 0 Å². The smallest absolute Gasteiger partial charge is 0.186 e. The predicted molar refractivity (Wildman–Crippen MR) is 37.4 cm³/mol. The number of nitrogens with two attached hydrogens (primary N) is 2. The number of aliphatic hydroxyl groups is 1. The van der Waals surface area contributed by atoms with Gasteiger partial charge in [-0.1, -0.05) is 0 Å². The van der Waals surface area contributed by atoms with Crippen LogP contribution < -0.4 is 11.5 Å². The summed E-state index contributed by atoms with van der Waals surface area (Å²) in [7, 11) is 0. The zero-order valence-corrected chi connectivity index (χ0v) is 5.74. The van der Waals surface area contributed by atoms with Gasteiger partial charge >= 0.3 is 0 Å². The highest BCUT2D eigenvalue weighted by atomic mass is 16.3. The molecule has 0 amide bonds. The number of hydrogen-bond donors (Lipinski definition) is 3. The molecule has 0 aliphatic rings. The van der Waals surface area contributed by atoms with Crippen LogP contribution in [-0.2, 0) is 4.79 Å². The molecule has 0 spiro atoms. The second-order valence-electron chi connectivity index (χ2n) is 1.89. The summed E-state index contributed by atoms with van der Waals surface area (Å²) in [6.45, 7) is 1.21. The van der Waals surface area contributed by atoms with Crippen LogP contribution in [0.3, 0.4) is 0 Å². The Morgan fingerprint density at radius 2 is 2.20 bits per heavy atom. The van der Waals surface area contributed by atoms with Crippen LogP contribution in [0.5, 0.6) is 0 Å². The Bertz CT molecular complexity index is 151. The van der Waals surface area contributed by atoms with Gasteiger partial charge in [0.1, 0.15) is 6.10 Å². The van der Waals surface area contributed by atoms with Crippen LogP contribution in [0.2, 0.25) is 0 Å². The van der Waals surface area contributed by atoms with Crippen molar-refractivity contribution >= 4 is 11.7 Å². The van der Waals surface area contributed by atoms with E-state index in [1.807, 2.05) is 0 Å². The number of aliphatic hydroxyl groups excluding tert-OH is 1. The lowest BCUT2D eigenvalue weighted by molar-refractivity contribution is -0.124. The molecule has 10 heavy (non-hydrogen) atoms. The standard InChI is InChI=1S/C5H11N3O2/c1-3(9)4(10)2-8-5(6)7/h4,10H,2H2,1H3,(H4,6,7,8)/t4-/m1/s1. The summed E-state index contributed by atoms with van der Waals surface area (Å²) in [6, 6.07) is 0. The molecule has 0 aliphatic carbocycles. The van der Waals surface area contributed by atoms with E-state index in [1.54, 1.807) is 0 Å². The fourth-order valence-corrected chi connectivity index (χ4v) is 0.320. The molecule has 0 heterocycles. The molecule has 0 aromatic carbocycles. The van der Waals surface area contributed by atoms with Crippen molar-refractivity contribution in [3.63, 3.8) is 0 Å². The van der Waals surface area contributed by atoms with Crippen LogP contribution in [0.1, 0.15) is 6.92 Å². The molecule has 0 bridgehead atoms. The molecular formula is C5H11N3O2. The van der Waals surface area contributed by atoms with Gasteiger partial charge in [-0.15, -0.1) is 0 Å². The lowest BCUT2D eigenvalue weighted by Gasteiger charge is -2.00. The molecule has 0 fully saturated rings. The Morgan fingerprint density at radius 3 is 2.50 bits per heavy atom. The summed E-state index contributed by atoms with van der Waals surface area (Å²) in [5, 5.41) is 8.81. The summed E-state index contributed by atoms with van der Waals surface area (Å²) >= 11 is 0. The molecule has 0 aromatic rings. The monoisotopic (exact) mass is 145 g/mol. The first kappa shape index (κ1) is 8.90. The maximum atomic E-state index is 10.4. The number of carbonyl (C=O) groups excluding carboxylic acids is 1. The van der Waals surface area contributed by atoms with E-state index in [4.69, 9.17) is 16.6 Å². The molecule has 0 aliphatic heterocycles. The molecule has 0 saturated carbocycles. The molecule has 5 N–H and O–H groups in total. The van der Waals surface area contributed by atoms with Gasteiger partial charge in [-0.3, -0.25) is 9.79 Å². The SMILES string of the molecule is CC(=O)[C@H](O)CN=C(N)N. The van der Waals surface area contributed by atoms with Crippen molar-refractivity contribution in [2.75, 3.05) is 6.54 Å². The van der Waals surface area contributed by atoms with E-state index in [1.165, 1.54) is 6.92 Å². The first-order valence-corrected chi connectivity index (χ1v) is 2.78. The maximum absolute atomic E-state index is 10.4. The molecular weight excluding hydrogens is 134 g/mol. The molecule has 0 saturated heterocycles. The number of aliphatic imine (C=N–C) groups is 1. The quantitative estimate of drug-likeness (QED) is 0.322. The van der Waals surface area contributed by atoms with E-state index < -0.39 is 6.10 Å². The van der Waals surface area contributed by atoms with E-state index in [-0.39, 0.29) is 18.3 Å². The van der Waals surface area contributed by atoms with Gasteiger partial charge in [0.05, 0.1) is 6.54 Å². The molecule has 5 nitrogen and oxygen atoms in total. The van der Waals surface area contributed by atoms with Gasteiger partial charge in [0.15, 0.2) is 11.7 Å². The van der Waals surface area contributed by atoms with Gasteiger partial charge in [0, 0.05) is 0 Å². The minimum atomic E-state index is -1.08. The van der Waals surface area contributed by atoms with Crippen LogP contribution in [0.25, 0.3) is 0 Å². The highest BCUT2D eigenvalue weighted by molar-refractivity contribution is 5.81. The summed E-state index contributed by atoms with van der Waals surface area (Å²) < 4.78 is 0. The van der Waals surface area contributed by atoms with Gasteiger partial charge < -0.3 is 16.6 Å². The number of ketones is 1. The van der Waals surface area contributed by atoms with Crippen molar-refractivity contribution < 1.29 is 9.90 Å². The number of hydrogen-bond acceptors (Lipinski definition) is 3. The van der Waals surface area contributed by atoms with Crippen LogP contribution in [0, 0.1) is 0 Å². The fraction of sp³-hybridized carbons (Fsp3) is 0.600. The Hall–Kier alpha value is -1.10. The first-order chi connectivity index (χ1) is 4.54. The molecule has 1 atom stereocenters. The van der Waals surface area contributed by atoms with Crippen molar-refractivity contribution in [1.82, 2.24) is 0 Å². The summed E-state index contributed by atoms with van der Waals surface area (Å²) in [5.41, 5.74) is 9.89. The number of nitrogens with zero attached hydrogens (tertiary/aromatic N) is 1. The summed E-state index contributed by atoms with van der Waals surface area (Å²) in [5.74, 6) is -0.467. The zero-order valence-electron chi connectivity index (χ0n) is 5.74. The molecule has 0 unspecified atom stereocenters. The van der Waals surface area contributed by atoms with Crippen LogP contribution in [0.15, 0.2) is 4.99 Å². The molecule has 0 radical (unpaired) electrons. The van der Waals surface area contributed by atoms with Crippen LogP contribution >= 0.6 is 0 Å². The lowest BCUT2D eigenvalue weighted by Crippen LogP contribution is -2.27. The largest absolute Gasteiger partial charge is 0.383 e. The third kappa shape index (κ3) is 3.85. The Morgan fingerprint density at radius 1 is 1.70 bits per heavy atom. The van der Waals surface area contributed by atoms with Gasteiger partial charge in [0.25, 0.3) is 0 Å². The van der Waals surface area contributed by atoms with E-state index in [0.29, 0.717) is 0 Å². The Kier molecular flexibility index (Phi) is 3.42. The molecule has 0 aromatic heterocycles. The predicted octanol–water partition coefficient (Wildman–Crippen LogP) is -1.79. The highest BCUT2D eigenvalue weighted by Gasteiger charge is 2.07. The van der Waals surface area contributed by atoms with Crippen LogP contribution in [-0.4, -0.2) is 29.5 Å². The van der Waals surface area contributed by atoms with E-state index in [9.17, 15) is 4.79 Å². The minimum absolute atomic E-state index is 0.0579. The minimum Gasteiger partial charge on any atom is -0.383 e. The van der Waals surface area contributed by atoms with Crippen molar-refractivity contribution in [1.29, 1.82) is 0 Å². The van der Waals surface area contributed by atoms with Crippen LogP contribution in [0.4, 0.5) is 0 Å². The van der Waals surface area contributed by atoms with Crippen molar-refractivity contribution in [2.45, 2.75) is 13.0 Å². The normalized spacial score (nSPS) is 12.2. The Labute approximate surface area is 58.7 Å². The topological polar surface area (TPSA) is 102 Å².